The van der Waals surface area contributed by atoms with Crippen molar-refractivity contribution >= 4 is 17.7 Å². The first-order valence-electron chi connectivity index (χ1n) is 5.69. The van der Waals surface area contributed by atoms with Gasteiger partial charge in [-0.2, -0.15) is 11.8 Å². The van der Waals surface area contributed by atoms with Gasteiger partial charge in [0.25, 0.3) is 0 Å². The fourth-order valence-electron chi connectivity index (χ4n) is 2.04. The molecule has 1 aliphatic heterocycles. The summed E-state index contributed by atoms with van der Waals surface area (Å²) in [4.78, 5) is 11.9. The molecule has 1 aliphatic carbocycles. The zero-order valence-electron chi connectivity index (χ0n) is 9.82. The minimum absolute atomic E-state index is 0.120. The number of rotatable bonds is 6. The third-order valence-electron chi connectivity index (χ3n) is 3.42. The molecule has 5 heteroatoms. The molecule has 1 unspecified atom stereocenters. The lowest BCUT2D eigenvalue weighted by Gasteiger charge is -2.34. The molecule has 2 fully saturated rings. The number of hydrogen-bond donors (Lipinski definition) is 1. The highest BCUT2D eigenvalue weighted by Gasteiger charge is 2.51. The van der Waals surface area contributed by atoms with Crippen molar-refractivity contribution in [2.75, 3.05) is 33.1 Å². The number of carbonyl (C=O) groups excluding carboxylic acids is 1. The van der Waals surface area contributed by atoms with Crippen LogP contribution in [0.1, 0.15) is 12.8 Å². The molecule has 1 atom stereocenters. The summed E-state index contributed by atoms with van der Waals surface area (Å²) in [6, 6.07) is 0. The highest BCUT2D eigenvalue weighted by atomic mass is 32.2. The number of thioether (sulfide) groups is 1. The van der Waals surface area contributed by atoms with E-state index in [4.69, 9.17) is 9.47 Å². The largest absolute Gasteiger partial charge is 0.468 e. The third kappa shape index (κ3) is 2.21. The van der Waals surface area contributed by atoms with Crippen molar-refractivity contribution < 1.29 is 14.3 Å². The number of ether oxygens (including phenoxy) is 2. The Bertz CT molecular complexity index is 266. The van der Waals surface area contributed by atoms with E-state index in [1.807, 2.05) is 18.8 Å². The maximum atomic E-state index is 11.9. The van der Waals surface area contributed by atoms with Crippen LogP contribution in [0.4, 0.5) is 0 Å². The lowest BCUT2D eigenvalue weighted by molar-refractivity contribution is -0.148. The molecule has 0 aromatic carbocycles. The van der Waals surface area contributed by atoms with Gasteiger partial charge in [-0.1, -0.05) is 0 Å². The first kappa shape index (κ1) is 12.2. The average molecular weight is 245 g/mol. The van der Waals surface area contributed by atoms with E-state index in [9.17, 15) is 4.79 Å². The van der Waals surface area contributed by atoms with Crippen molar-refractivity contribution in [1.82, 2.24) is 5.32 Å². The van der Waals surface area contributed by atoms with Crippen LogP contribution in [-0.4, -0.2) is 49.9 Å². The second-order valence-corrected chi connectivity index (χ2v) is 5.75. The number of likely N-dealkylation sites (N-methyl/N-ethyl adjacent to an activating group) is 1. The molecule has 0 radical (unpaired) electrons. The Balaban J connectivity index is 1.96. The van der Waals surface area contributed by atoms with Gasteiger partial charge in [0.15, 0.2) is 0 Å². The molecular formula is C11H19NO3S. The predicted molar refractivity (Wildman–Crippen MR) is 63.6 cm³/mol. The minimum atomic E-state index is -0.477. The fourth-order valence-corrected chi connectivity index (χ4v) is 3.42. The zero-order valence-corrected chi connectivity index (χ0v) is 10.6. The van der Waals surface area contributed by atoms with Gasteiger partial charge in [0, 0.05) is 5.75 Å². The Morgan fingerprint density at radius 1 is 1.56 bits per heavy atom. The Morgan fingerprint density at radius 2 is 2.25 bits per heavy atom. The Morgan fingerprint density at radius 3 is 2.62 bits per heavy atom. The molecule has 0 amide bonds. The van der Waals surface area contributed by atoms with Crippen LogP contribution in [0.5, 0.6) is 0 Å². The van der Waals surface area contributed by atoms with Gasteiger partial charge in [0.05, 0.1) is 25.6 Å². The smallest absolute Gasteiger partial charge is 0.327 e. The van der Waals surface area contributed by atoms with E-state index in [1.165, 1.54) is 7.11 Å². The van der Waals surface area contributed by atoms with Crippen LogP contribution in [0.15, 0.2) is 0 Å². The predicted octanol–water partition coefficient (Wildman–Crippen LogP) is 0.660. The van der Waals surface area contributed by atoms with Crippen molar-refractivity contribution in [2.24, 2.45) is 5.92 Å². The first-order valence-corrected chi connectivity index (χ1v) is 6.74. The van der Waals surface area contributed by atoms with Crippen molar-refractivity contribution in [3.05, 3.63) is 0 Å². The van der Waals surface area contributed by atoms with Crippen molar-refractivity contribution in [3.8, 4) is 0 Å². The first-order chi connectivity index (χ1) is 7.73. The third-order valence-corrected chi connectivity index (χ3v) is 4.79. The molecule has 1 saturated heterocycles. The fraction of sp³-hybridized carbons (Fsp3) is 0.909. The molecule has 2 rings (SSSR count). The Hall–Kier alpha value is -0.260. The van der Waals surface area contributed by atoms with Gasteiger partial charge >= 0.3 is 5.97 Å². The summed E-state index contributed by atoms with van der Waals surface area (Å²) in [6.07, 6.45) is 2.25. The van der Waals surface area contributed by atoms with Crippen LogP contribution in [0, 0.1) is 5.92 Å². The molecule has 4 nitrogen and oxygen atoms in total. The van der Waals surface area contributed by atoms with Crippen LogP contribution >= 0.6 is 11.8 Å². The molecule has 0 aromatic rings. The second-order valence-electron chi connectivity index (χ2n) is 4.46. The van der Waals surface area contributed by atoms with Gasteiger partial charge in [-0.3, -0.25) is 4.79 Å². The van der Waals surface area contributed by atoms with Gasteiger partial charge in [0.2, 0.25) is 0 Å². The number of esters is 1. The Labute approximate surface area is 100 Å². The van der Waals surface area contributed by atoms with E-state index in [0.29, 0.717) is 11.2 Å². The molecule has 1 saturated carbocycles. The van der Waals surface area contributed by atoms with E-state index >= 15 is 0 Å². The van der Waals surface area contributed by atoms with E-state index in [-0.39, 0.29) is 5.97 Å². The maximum absolute atomic E-state index is 11.9. The van der Waals surface area contributed by atoms with Crippen LogP contribution in [0.3, 0.4) is 0 Å². The standard InChI is InChI=1S/C11H19NO3S/c1-12-11(8-3-4-8,10(13)14-2)7-16-9-5-15-6-9/h8-9,12H,3-7H2,1-2H3. The maximum Gasteiger partial charge on any atom is 0.327 e. The van der Waals surface area contributed by atoms with Gasteiger partial charge < -0.3 is 14.8 Å². The summed E-state index contributed by atoms with van der Waals surface area (Å²) in [5.41, 5.74) is -0.477. The number of nitrogens with one attached hydrogen (secondary N) is 1. The summed E-state index contributed by atoms with van der Waals surface area (Å²) in [5.74, 6) is 1.11. The normalized spacial score (nSPS) is 24.6. The van der Waals surface area contributed by atoms with Crippen molar-refractivity contribution in [2.45, 2.75) is 23.6 Å². The van der Waals surface area contributed by atoms with Crippen LogP contribution in [0.25, 0.3) is 0 Å². The summed E-state index contributed by atoms with van der Waals surface area (Å²) in [7, 11) is 3.32. The van der Waals surface area contributed by atoms with Gasteiger partial charge in [-0.25, -0.2) is 0 Å². The molecular weight excluding hydrogens is 226 g/mol. The molecule has 1 N–H and O–H groups in total. The summed E-state index contributed by atoms with van der Waals surface area (Å²) in [5, 5.41) is 3.75. The van der Waals surface area contributed by atoms with E-state index < -0.39 is 5.54 Å². The van der Waals surface area contributed by atoms with Crippen LogP contribution < -0.4 is 5.32 Å². The monoisotopic (exact) mass is 245 g/mol. The van der Waals surface area contributed by atoms with Gasteiger partial charge in [-0.15, -0.1) is 0 Å². The van der Waals surface area contributed by atoms with E-state index in [1.54, 1.807) is 0 Å². The van der Waals surface area contributed by atoms with E-state index in [0.717, 1.165) is 31.8 Å². The lowest BCUT2D eigenvalue weighted by atomic mass is 9.96. The number of methoxy groups -OCH3 is 1. The van der Waals surface area contributed by atoms with Gasteiger partial charge in [0.1, 0.15) is 5.54 Å². The Kier molecular flexibility index (Phi) is 3.77. The summed E-state index contributed by atoms with van der Waals surface area (Å²) < 4.78 is 10.1. The highest BCUT2D eigenvalue weighted by Crippen LogP contribution is 2.42. The number of hydrogen-bond acceptors (Lipinski definition) is 5. The SMILES string of the molecule is CNC(CSC1COC1)(C(=O)OC)C1CC1. The zero-order chi connectivity index (χ0) is 11.6. The average Bonchev–Trinajstić information content (AvgIpc) is 3.05. The van der Waals surface area contributed by atoms with Gasteiger partial charge in [-0.05, 0) is 25.8 Å². The van der Waals surface area contributed by atoms with Crippen molar-refractivity contribution in [1.29, 1.82) is 0 Å². The highest BCUT2D eigenvalue weighted by molar-refractivity contribution is 8.00. The lowest BCUT2D eigenvalue weighted by Crippen LogP contribution is -2.56. The molecule has 2 aliphatic rings. The molecule has 16 heavy (non-hydrogen) atoms. The summed E-state index contributed by atoms with van der Waals surface area (Å²) >= 11 is 1.82. The molecule has 92 valence electrons. The molecule has 0 spiro atoms. The van der Waals surface area contributed by atoms with E-state index in [2.05, 4.69) is 5.32 Å². The summed E-state index contributed by atoms with van der Waals surface area (Å²) in [6.45, 7) is 1.63. The molecule has 0 aromatic heterocycles. The minimum Gasteiger partial charge on any atom is -0.468 e. The van der Waals surface area contributed by atoms with Crippen LogP contribution in [0.2, 0.25) is 0 Å². The number of carbonyl (C=O) groups is 1. The topological polar surface area (TPSA) is 47.6 Å². The molecule has 0 bridgehead atoms. The quantitative estimate of drug-likeness (QED) is 0.697. The van der Waals surface area contributed by atoms with Crippen LogP contribution in [-0.2, 0) is 14.3 Å². The molecule has 1 heterocycles. The van der Waals surface area contributed by atoms with Crippen molar-refractivity contribution in [3.63, 3.8) is 0 Å². The second kappa shape index (κ2) is 4.94.